The highest BCUT2D eigenvalue weighted by Gasteiger charge is 2.28. The van der Waals surface area contributed by atoms with Crippen LogP contribution in [0.15, 0.2) is 34.7 Å². The van der Waals surface area contributed by atoms with E-state index in [1.165, 1.54) is 0 Å². The number of carboxylic acids is 1. The molecule has 1 aliphatic heterocycles. The van der Waals surface area contributed by atoms with Crippen molar-refractivity contribution >= 4 is 17.7 Å². The summed E-state index contributed by atoms with van der Waals surface area (Å²) < 4.78 is 5.81. The molecule has 5 nitrogen and oxygen atoms in total. The zero-order valence-electron chi connectivity index (χ0n) is 13.1. The Kier molecular flexibility index (Phi) is 5.03. The predicted molar refractivity (Wildman–Crippen MR) is 90.7 cm³/mol. The van der Waals surface area contributed by atoms with E-state index in [0.717, 1.165) is 30.7 Å². The van der Waals surface area contributed by atoms with Crippen LogP contribution in [0.2, 0.25) is 0 Å². The Hall–Kier alpha value is -1.79. The SMILES string of the molecule is CSCC1CCCN1Cc1oc(-c2ccccc2)nc1C(=O)O. The molecule has 0 saturated carbocycles. The van der Waals surface area contributed by atoms with Crippen LogP contribution in [0.5, 0.6) is 0 Å². The van der Waals surface area contributed by atoms with Crippen LogP contribution >= 0.6 is 11.8 Å². The third-order valence-electron chi connectivity index (χ3n) is 4.13. The van der Waals surface area contributed by atoms with Crippen LogP contribution in [0.3, 0.4) is 0 Å². The van der Waals surface area contributed by atoms with Gasteiger partial charge >= 0.3 is 5.97 Å². The van der Waals surface area contributed by atoms with Crippen LogP contribution in [0.25, 0.3) is 11.5 Å². The van der Waals surface area contributed by atoms with E-state index in [2.05, 4.69) is 16.1 Å². The van der Waals surface area contributed by atoms with E-state index in [9.17, 15) is 9.90 Å². The highest BCUT2D eigenvalue weighted by Crippen LogP contribution is 2.27. The normalized spacial score (nSPS) is 18.4. The lowest BCUT2D eigenvalue weighted by atomic mass is 10.2. The van der Waals surface area contributed by atoms with E-state index in [0.29, 0.717) is 24.2 Å². The number of thioether (sulfide) groups is 1. The topological polar surface area (TPSA) is 66.6 Å². The third kappa shape index (κ3) is 3.59. The molecule has 1 unspecified atom stereocenters. The smallest absolute Gasteiger partial charge is 0.358 e. The van der Waals surface area contributed by atoms with Crippen molar-refractivity contribution < 1.29 is 14.3 Å². The van der Waals surface area contributed by atoms with Crippen LogP contribution in [-0.2, 0) is 6.54 Å². The van der Waals surface area contributed by atoms with E-state index < -0.39 is 5.97 Å². The molecule has 1 saturated heterocycles. The summed E-state index contributed by atoms with van der Waals surface area (Å²) in [4.78, 5) is 18.0. The molecule has 2 heterocycles. The zero-order chi connectivity index (χ0) is 16.2. The minimum absolute atomic E-state index is 0.0265. The summed E-state index contributed by atoms with van der Waals surface area (Å²) in [5, 5.41) is 9.42. The van der Waals surface area contributed by atoms with Crippen LogP contribution in [0.1, 0.15) is 29.1 Å². The average Bonchev–Trinajstić information content (AvgIpc) is 3.17. The van der Waals surface area contributed by atoms with Gasteiger partial charge in [-0.15, -0.1) is 0 Å². The van der Waals surface area contributed by atoms with Gasteiger partial charge < -0.3 is 9.52 Å². The largest absolute Gasteiger partial charge is 0.476 e. The molecule has 1 aliphatic rings. The summed E-state index contributed by atoms with van der Waals surface area (Å²) in [6.07, 6.45) is 4.40. The first-order chi connectivity index (χ1) is 11.2. The van der Waals surface area contributed by atoms with E-state index in [1.54, 1.807) is 0 Å². The fraction of sp³-hybridized carbons (Fsp3) is 0.412. The number of rotatable bonds is 6. The monoisotopic (exact) mass is 332 g/mol. The zero-order valence-corrected chi connectivity index (χ0v) is 13.9. The Morgan fingerprint density at radius 1 is 1.43 bits per heavy atom. The maximum absolute atomic E-state index is 11.5. The highest BCUT2D eigenvalue weighted by molar-refractivity contribution is 7.98. The summed E-state index contributed by atoms with van der Waals surface area (Å²) >= 11 is 1.82. The molecule has 0 radical (unpaired) electrons. The van der Waals surface area contributed by atoms with Crippen molar-refractivity contribution in [3.05, 3.63) is 41.8 Å². The maximum atomic E-state index is 11.5. The lowest BCUT2D eigenvalue weighted by Crippen LogP contribution is -2.31. The van der Waals surface area contributed by atoms with Crippen LogP contribution in [0.4, 0.5) is 0 Å². The first-order valence-electron chi connectivity index (χ1n) is 7.70. The molecular formula is C17H20N2O3S. The van der Waals surface area contributed by atoms with Gasteiger partial charge in [0.1, 0.15) is 0 Å². The van der Waals surface area contributed by atoms with Gasteiger partial charge in [0.25, 0.3) is 0 Å². The van der Waals surface area contributed by atoms with Gasteiger partial charge in [-0.1, -0.05) is 18.2 Å². The molecule has 1 N–H and O–H groups in total. The average molecular weight is 332 g/mol. The van der Waals surface area contributed by atoms with Crippen molar-refractivity contribution in [2.24, 2.45) is 0 Å². The minimum Gasteiger partial charge on any atom is -0.476 e. The molecular weight excluding hydrogens is 312 g/mol. The summed E-state index contributed by atoms with van der Waals surface area (Å²) in [7, 11) is 0. The van der Waals surface area contributed by atoms with Gasteiger partial charge in [0.05, 0.1) is 6.54 Å². The quantitative estimate of drug-likeness (QED) is 0.875. The van der Waals surface area contributed by atoms with E-state index in [1.807, 2.05) is 42.1 Å². The van der Waals surface area contributed by atoms with E-state index >= 15 is 0 Å². The number of aromatic nitrogens is 1. The third-order valence-corrected chi connectivity index (χ3v) is 4.84. The Bertz CT molecular complexity index is 672. The van der Waals surface area contributed by atoms with Crippen molar-refractivity contribution in [2.45, 2.75) is 25.4 Å². The molecule has 1 atom stereocenters. The molecule has 3 rings (SSSR count). The summed E-state index contributed by atoms with van der Waals surface area (Å²) in [5.74, 6) is 0.844. The van der Waals surface area contributed by atoms with Crippen molar-refractivity contribution in [1.82, 2.24) is 9.88 Å². The van der Waals surface area contributed by atoms with Crippen molar-refractivity contribution in [2.75, 3.05) is 18.6 Å². The Morgan fingerprint density at radius 2 is 2.22 bits per heavy atom. The molecule has 0 aliphatic carbocycles. The molecule has 23 heavy (non-hydrogen) atoms. The van der Waals surface area contributed by atoms with Crippen LogP contribution in [-0.4, -0.2) is 45.6 Å². The van der Waals surface area contributed by atoms with E-state index in [-0.39, 0.29) is 5.69 Å². The van der Waals surface area contributed by atoms with Crippen molar-refractivity contribution in [3.8, 4) is 11.5 Å². The number of aromatic carboxylic acids is 1. The van der Waals surface area contributed by atoms with Gasteiger partial charge in [-0.3, -0.25) is 4.90 Å². The van der Waals surface area contributed by atoms with Gasteiger partial charge in [-0.25, -0.2) is 9.78 Å². The Balaban J connectivity index is 1.86. The number of carbonyl (C=O) groups is 1. The lowest BCUT2D eigenvalue weighted by Gasteiger charge is -2.22. The molecule has 122 valence electrons. The number of hydrogen-bond donors (Lipinski definition) is 1. The first-order valence-corrected chi connectivity index (χ1v) is 9.10. The van der Waals surface area contributed by atoms with Gasteiger partial charge in [0, 0.05) is 17.4 Å². The number of carboxylic acid groups (broad SMARTS) is 1. The Morgan fingerprint density at radius 3 is 2.91 bits per heavy atom. The number of hydrogen-bond acceptors (Lipinski definition) is 5. The molecule has 1 fully saturated rings. The summed E-state index contributed by atoms with van der Waals surface area (Å²) in [6, 6.07) is 9.89. The molecule has 2 aromatic rings. The van der Waals surface area contributed by atoms with Gasteiger partial charge in [0.15, 0.2) is 11.5 Å². The van der Waals surface area contributed by atoms with Gasteiger partial charge in [0.2, 0.25) is 5.89 Å². The first kappa shape index (κ1) is 16.1. The van der Waals surface area contributed by atoms with Gasteiger partial charge in [-0.05, 0) is 37.8 Å². The second-order valence-electron chi connectivity index (χ2n) is 5.68. The molecule has 1 aromatic heterocycles. The highest BCUT2D eigenvalue weighted by atomic mass is 32.2. The van der Waals surface area contributed by atoms with Crippen molar-refractivity contribution in [3.63, 3.8) is 0 Å². The Labute approximate surface area is 139 Å². The molecule has 1 aromatic carbocycles. The molecule has 6 heteroatoms. The molecule has 0 spiro atoms. The number of nitrogens with zero attached hydrogens (tertiary/aromatic N) is 2. The number of likely N-dealkylation sites (tertiary alicyclic amines) is 1. The van der Waals surface area contributed by atoms with Gasteiger partial charge in [-0.2, -0.15) is 11.8 Å². The maximum Gasteiger partial charge on any atom is 0.358 e. The molecule has 0 bridgehead atoms. The number of oxazole rings is 1. The fourth-order valence-electron chi connectivity index (χ4n) is 3.00. The molecule has 0 amide bonds. The van der Waals surface area contributed by atoms with Crippen molar-refractivity contribution in [1.29, 1.82) is 0 Å². The van der Waals surface area contributed by atoms with Crippen LogP contribution < -0.4 is 0 Å². The summed E-state index contributed by atoms with van der Waals surface area (Å²) in [5.41, 5.74) is 0.821. The van der Waals surface area contributed by atoms with E-state index in [4.69, 9.17) is 4.42 Å². The second kappa shape index (κ2) is 7.19. The summed E-state index contributed by atoms with van der Waals surface area (Å²) in [6.45, 7) is 1.48. The predicted octanol–water partition coefficient (Wildman–Crippen LogP) is 3.37. The lowest BCUT2D eigenvalue weighted by molar-refractivity contribution is 0.0686. The minimum atomic E-state index is -1.04. The second-order valence-corrected chi connectivity index (χ2v) is 6.59. The number of benzene rings is 1. The fourth-order valence-corrected chi connectivity index (χ4v) is 3.76. The van der Waals surface area contributed by atoms with Crippen LogP contribution in [0, 0.1) is 0 Å². The standard InChI is InChI=1S/C17H20N2O3S/c1-23-11-13-8-5-9-19(13)10-14-15(17(20)21)18-16(22-14)12-6-3-2-4-7-12/h2-4,6-7,13H,5,8-11H2,1H3,(H,20,21).